The predicted molar refractivity (Wildman–Crippen MR) is 155 cm³/mol. The molecule has 220 valence electrons. The van der Waals surface area contributed by atoms with Crippen LogP contribution < -0.4 is 4.90 Å². The highest BCUT2D eigenvalue weighted by Gasteiger charge is 2.25. The highest BCUT2D eigenvalue weighted by Crippen LogP contribution is 2.27. The number of benzene rings is 1. The zero-order chi connectivity index (χ0) is 29.4. The summed E-state index contributed by atoms with van der Waals surface area (Å²) in [7, 11) is 0. The summed E-state index contributed by atoms with van der Waals surface area (Å²) in [4.78, 5) is 37.3. The van der Waals surface area contributed by atoms with Crippen molar-refractivity contribution >= 4 is 17.5 Å². The molecule has 1 aliphatic rings. The summed E-state index contributed by atoms with van der Waals surface area (Å²) in [6, 6.07) is 7.91. The van der Waals surface area contributed by atoms with E-state index in [1.807, 2.05) is 13.8 Å². The van der Waals surface area contributed by atoms with Crippen molar-refractivity contribution in [2.45, 2.75) is 65.8 Å². The van der Waals surface area contributed by atoms with Crippen molar-refractivity contribution in [3.05, 3.63) is 71.5 Å². The lowest BCUT2D eigenvalue weighted by Gasteiger charge is -2.32. The Labute approximate surface area is 241 Å². The zero-order valence-electron chi connectivity index (χ0n) is 24.6. The van der Waals surface area contributed by atoms with Gasteiger partial charge >= 0.3 is 0 Å². The van der Waals surface area contributed by atoms with Crippen LogP contribution >= 0.6 is 0 Å². The predicted octanol–water partition coefficient (Wildman–Crippen LogP) is 5.09. The molecular weight excluding hydrogens is 523 g/mol. The van der Waals surface area contributed by atoms with Gasteiger partial charge in [0, 0.05) is 63.0 Å². The maximum atomic E-state index is 14.6. The molecule has 1 aliphatic heterocycles. The molecule has 1 aromatic carbocycles. The van der Waals surface area contributed by atoms with E-state index in [9.17, 15) is 14.0 Å². The fourth-order valence-electron chi connectivity index (χ4n) is 5.14. The van der Waals surface area contributed by atoms with Gasteiger partial charge in [0.2, 0.25) is 17.7 Å². The molecule has 0 radical (unpaired) electrons. The minimum Gasteiger partial charge on any atom is -0.425 e. The Kier molecular flexibility index (Phi) is 10.6. The third-order valence-corrected chi connectivity index (χ3v) is 7.11. The van der Waals surface area contributed by atoms with Gasteiger partial charge in [0.15, 0.2) is 0 Å². The number of nitrogens with zero attached hydrogens (tertiary/aromatic N) is 6. The summed E-state index contributed by atoms with van der Waals surface area (Å²) in [6.45, 7) is 12.1. The fraction of sp³-hybridized carbons (Fsp3) is 0.516. The van der Waals surface area contributed by atoms with Crippen molar-refractivity contribution in [2.75, 3.05) is 37.6 Å². The van der Waals surface area contributed by atoms with E-state index in [1.54, 1.807) is 40.4 Å². The first-order valence-corrected chi connectivity index (χ1v) is 14.5. The molecule has 0 fully saturated rings. The van der Waals surface area contributed by atoms with Gasteiger partial charge in [0.25, 0.3) is 5.91 Å². The maximum Gasteiger partial charge on any atom is 0.259 e. The number of hydrogen-bond donors (Lipinski definition) is 0. The van der Waals surface area contributed by atoms with Gasteiger partial charge < -0.3 is 19.1 Å². The minimum absolute atomic E-state index is 0.0814. The monoisotopic (exact) mass is 564 g/mol. The average molecular weight is 565 g/mol. The van der Waals surface area contributed by atoms with E-state index in [4.69, 9.17) is 4.42 Å². The van der Waals surface area contributed by atoms with Crippen LogP contribution in [0.5, 0.6) is 0 Å². The van der Waals surface area contributed by atoms with Crippen LogP contribution in [0.15, 0.2) is 47.1 Å². The first-order valence-electron chi connectivity index (χ1n) is 14.5. The second-order valence-electron chi connectivity index (χ2n) is 11.4. The number of carbonyl (C=O) groups is 2. The highest BCUT2D eigenvalue weighted by atomic mass is 19.1. The molecule has 0 N–H and O–H groups in total. The van der Waals surface area contributed by atoms with Crippen molar-refractivity contribution in [3.8, 4) is 0 Å². The average Bonchev–Trinajstić information content (AvgIpc) is 3.43. The van der Waals surface area contributed by atoms with Crippen LogP contribution in [-0.2, 0) is 17.8 Å². The van der Waals surface area contributed by atoms with E-state index >= 15 is 0 Å². The summed E-state index contributed by atoms with van der Waals surface area (Å²) in [6.07, 6.45) is 5.25. The Bertz CT molecular complexity index is 1300. The van der Waals surface area contributed by atoms with E-state index in [2.05, 4.69) is 33.9 Å². The summed E-state index contributed by atoms with van der Waals surface area (Å²) in [5, 5.41) is 8.15. The number of anilines is 1. The van der Waals surface area contributed by atoms with Crippen molar-refractivity contribution in [2.24, 2.45) is 5.92 Å². The van der Waals surface area contributed by atoms with Crippen LogP contribution in [0.4, 0.5) is 10.1 Å². The molecule has 9 nitrogen and oxygen atoms in total. The van der Waals surface area contributed by atoms with Gasteiger partial charge in [0.05, 0.1) is 5.56 Å². The van der Waals surface area contributed by atoms with Gasteiger partial charge in [-0.25, -0.2) is 4.39 Å². The lowest BCUT2D eigenvalue weighted by atomic mass is 10.1. The third kappa shape index (κ3) is 8.42. The number of fused-ring (bicyclic) bond motifs is 1. The number of rotatable bonds is 7. The summed E-state index contributed by atoms with van der Waals surface area (Å²) in [5.41, 5.74) is 1.66. The third-order valence-electron chi connectivity index (χ3n) is 7.11. The summed E-state index contributed by atoms with van der Waals surface area (Å²) in [5.74, 6) is 0.885. The molecule has 41 heavy (non-hydrogen) atoms. The lowest BCUT2D eigenvalue weighted by Crippen LogP contribution is -2.40. The first-order chi connectivity index (χ1) is 19.7. The molecule has 0 bridgehead atoms. The largest absolute Gasteiger partial charge is 0.425 e. The van der Waals surface area contributed by atoms with E-state index in [-0.39, 0.29) is 30.7 Å². The number of pyridine rings is 1. The smallest absolute Gasteiger partial charge is 0.259 e. The number of hydrogen-bond acceptors (Lipinski definition) is 7. The van der Waals surface area contributed by atoms with Crippen molar-refractivity contribution in [1.29, 1.82) is 0 Å². The van der Waals surface area contributed by atoms with Crippen molar-refractivity contribution in [1.82, 2.24) is 25.0 Å². The zero-order valence-corrected chi connectivity index (χ0v) is 24.6. The van der Waals surface area contributed by atoms with Crippen LogP contribution in [-0.4, -0.2) is 69.5 Å². The number of aryl methyl sites for hydroxylation is 1. The van der Waals surface area contributed by atoms with E-state index in [0.29, 0.717) is 54.0 Å². The van der Waals surface area contributed by atoms with Crippen molar-refractivity contribution < 1.29 is 18.4 Å². The molecule has 0 unspecified atom stereocenters. The molecule has 10 heteroatoms. The molecule has 0 saturated carbocycles. The molecule has 0 spiro atoms. The van der Waals surface area contributed by atoms with Crippen LogP contribution in [0, 0.1) is 11.7 Å². The van der Waals surface area contributed by atoms with Crippen LogP contribution in [0.25, 0.3) is 0 Å². The van der Waals surface area contributed by atoms with Gasteiger partial charge in [-0.05, 0) is 67.7 Å². The number of halogens is 1. The van der Waals surface area contributed by atoms with E-state index in [0.717, 1.165) is 32.5 Å². The normalized spacial score (nSPS) is 15.5. The van der Waals surface area contributed by atoms with Crippen LogP contribution in [0.3, 0.4) is 0 Å². The van der Waals surface area contributed by atoms with Crippen LogP contribution in [0.1, 0.15) is 80.6 Å². The molecule has 2 aromatic heterocycles. The quantitative estimate of drug-likeness (QED) is 0.395. The second-order valence-corrected chi connectivity index (χ2v) is 11.4. The molecule has 0 saturated heterocycles. The minimum atomic E-state index is -0.410. The van der Waals surface area contributed by atoms with Gasteiger partial charge in [-0.15, -0.1) is 10.2 Å². The Morgan fingerprint density at radius 2 is 1.80 bits per heavy atom. The van der Waals surface area contributed by atoms with Crippen LogP contribution in [0.2, 0.25) is 0 Å². The highest BCUT2D eigenvalue weighted by molar-refractivity contribution is 6.06. The van der Waals surface area contributed by atoms with Gasteiger partial charge in [0.1, 0.15) is 5.82 Å². The van der Waals surface area contributed by atoms with E-state index < -0.39 is 5.82 Å². The number of carbonyl (C=O) groups excluding carboxylic acids is 2. The Morgan fingerprint density at radius 3 is 2.49 bits per heavy atom. The van der Waals surface area contributed by atoms with Gasteiger partial charge in [-0.3, -0.25) is 14.6 Å². The Morgan fingerprint density at radius 1 is 1.02 bits per heavy atom. The van der Waals surface area contributed by atoms with Crippen molar-refractivity contribution in [3.63, 3.8) is 0 Å². The Hall–Kier alpha value is -3.66. The molecule has 2 amide bonds. The SMILES string of the molecule is CC(C)CN1CCCN(C(=O)CCc2nnc(C(C)C)o2)Cc2cc(F)ccc2N(C(=O)c2cccnc2)CCC1. The number of aromatic nitrogens is 3. The molecular formula is C31H41FN6O3. The Balaban J connectivity index is 1.63. The maximum absolute atomic E-state index is 14.6. The lowest BCUT2D eigenvalue weighted by molar-refractivity contribution is -0.132. The summed E-state index contributed by atoms with van der Waals surface area (Å²) >= 11 is 0. The molecule has 3 aromatic rings. The number of amides is 2. The van der Waals surface area contributed by atoms with E-state index in [1.165, 1.54) is 12.1 Å². The topological polar surface area (TPSA) is 95.7 Å². The standard InChI is InChI=1S/C31H41FN6O3/c1-22(2)20-36-14-6-16-37(29(39)12-11-28-34-35-30(41-28)23(3)4)21-25-18-26(32)9-10-27(25)38(17-7-15-36)31(40)24-8-5-13-33-19-24/h5,8-10,13,18-19,22-23H,6-7,11-12,14-17,20-21H2,1-4H3. The van der Waals surface area contributed by atoms with Gasteiger partial charge in [-0.1, -0.05) is 27.7 Å². The molecule has 3 heterocycles. The molecule has 0 aliphatic carbocycles. The van der Waals surface area contributed by atoms with Gasteiger partial charge in [-0.2, -0.15) is 0 Å². The molecule has 0 atom stereocenters. The fourth-order valence-corrected chi connectivity index (χ4v) is 5.14. The first kappa shape index (κ1) is 30.3. The molecule has 4 rings (SSSR count). The summed E-state index contributed by atoms with van der Waals surface area (Å²) < 4.78 is 20.3. The second kappa shape index (κ2) is 14.3.